The topological polar surface area (TPSA) is 61.5 Å². The number of aryl methyl sites for hydroxylation is 2. The molecule has 0 radical (unpaired) electrons. The fraction of sp³-hybridized carbons (Fsp3) is 0.462. The third kappa shape index (κ3) is 3.75. The minimum Gasteiger partial charge on any atom is -0.481 e. The summed E-state index contributed by atoms with van der Waals surface area (Å²) in [4.78, 5) is 11.0. The number of carbonyl (C=O) groups is 1. The number of carbonyl (C=O) groups excluding carboxylic acids is 1. The van der Waals surface area contributed by atoms with Gasteiger partial charge in [0.2, 0.25) is 0 Å². The minimum atomic E-state index is -0.380. The number of methoxy groups -OCH3 is 1. The summed E-state index contributed by atoms with van der Waals surface area (Å²) in [5, 5.41) is 0. The lowest BCUT2D eigenvalue weighted by Gasteiger charge is -2.13. The summed E-state index contributed by atoms with van der Waals surface area (Å²) >= 11 is 0. The van der Waals surface area contributed by atoms with E-state index in [4.69, 9.17) is 10.5 Å². The summed E-state index contributed by atoms with van der Waals surface area (Å²) in [6.07, 6.45) is 0.846. The fourth-order valence-electron chi connectivity index (χ4n) is 1.77. The lowest BCUT2D eigenvalue weighted by Crippen LogP contribution is -2.14. The molecule has 0 fully saturated rings. The van der Waals surface area contributed by atoms with Gasteiger partial charge in [0.15, 0.2) is 6.61 Å². The standard InChI is InChI=1S/C13H19NO3/c1-9-6-11(4-5-14)7-10(2)13(9)17-8-12(15)16-3/h6-7H,4-5,8,14H2,1-3H3. The number of rotatable bonds is 5. The van der Waals surface area contributed by atoms with Crippen LogP contribution in [0.4, 0.5) is 0 Å². The van der Waals surface area contributed by atoms with Gasteiger partial charge in [-0.2, -0.15) is 0 Å². The second-order valence-electron chi connectivity index (χ2n) is 3.96. The van der Waals surface area contributed by atoms with Crippen molar-refractivity contribution >= 4 is 5.97 Å². The number of hydrogen-bond donors (Lipinski definition) is 1. The van der Waals surface area contributed by atoms with Crippen LogP contribution in [0.5, 0.6) is 5.75 Å². The Hall–Kier alpha value is -1.55. The average Bonchev–Trinajstić information content (AvgIpc) is 2.28. The van der Waals surface area contributed by atoms with Gasteiger partial charge in [-0.05, 0) is 43.5 Å². The molecule has 0 aromatic heterocycles. The monoisotopic (exact) mass is 237 g/mol. The third-order valence-electron chi connectivity index (χ3n) is 2.52. The predicted molar refractivity (Wildman–Crippen MR) is 66.2 cm³/mol. The predicted octanol–water partition coefficient (Wildman–Crippen LogP) is 1.36. The van der Waals surface area contributed by atoms with Crippen LogP contribution in [0.1, 0.15) is 16.7 Å². The lowest BCUT2D eigenvalue weighted by molar-refractivity contribution is -0.142. The zero-order valence-electron chi connectivity index (χ0n) is 10.6. The average molecular weight is 237 g/mol. The normalized spacial score (nSPS) is 10.1. The molecule has 0 amide bonds. The molecule has 0 aliphatic carbocycles. The van der Waals surface area contributed by atoms with Gasteiger partial charge in [-0.15, -0.1) is 0 Å². The molecule has 0 spiro atoms. The molecular weight excluding hydrogens is 218 g/mol. The highest BCUT2D eigenvalue weighted by atomic mass is 16.6. The molecule has 0 heterocycles. The van der Waals surface area contributed by atoms with Gasteiger partial charge in [0.25, 0.3) is 0 Å². The van der Waals surface area contributed by atoms with Gasteiger partial charge < -0.3 is 15.2 Å². The van der Waals surface area contributed by atoms with E-state index in [0.717, 1.165) is 23.3 Å². The molecule has 4 heteroatoms. The van der Waals surface area contributed by atoms with Gasteiger partial charge in [-0.25, -0.2) is 4.79 Å². The number of ether oxygens (including phenoxy) is 2. The molecule has 0 saturated carbocycles. The van der Waals surface area contributed by atoms with Crippen LogP contribution in [0.15, 0.2) is 12.1 Å². The maximum absolute atomic E-state index is 11.0. The number of benzene rings is 1. The first-order valence-corrected chi connectivity index (χ1v) is 5.58. The van der Waals surface area contributed by atoms with Crippen molar-refractivity contribution in [2.75, 3.05) is 20.3 Å². The molecule has 94 valence electrons. The van der Waals surface area contributed by atoms with Crippen LogP contribution < -0.4 is 10.5 Å². The molecule has 17 heavy (non-hydrogen) atoms. The quantitative estimate of drug-likeness (QED) is 0.785. The summed E-state index contributed by atoms with van der Waals surface area (Å²) in [6.45, 7) is 4.48. The van der Waals surface area contributed by atoms with E-state index in [1.165, 1.54) is 12.7 Å². The maximum atomic E-state index is 11.0. The van der Waals surface area contributed by atoms with Crippen molar-refractivity contribution in [1.82, 2.24) is 0 Å². The van der Waals surface area contributed by atoms with Gasteiger partial charge in [-0.1, -0.05) is 12.1 Å². The Kier molecular flexibility index (Phi) is 4.97. The van der Waals surface area contributed by atoms with Crippen LogP contribution in [-0.4, -0.2) is 26.2 Å². The van der Waals surface area contributed by atoms with Crippen molar-refractivity contribution in [3.05, 3.63) is 28.8 Å². The van der Waals surface area contributed by atoms with Gasteiger partial charge >= 0.3 is 5.97 Å². The SMILES string of the molecule is COC(=O)COc1c(C)cc(CCN)cc1C. The first kappa shape index (κ1) is 13.5. The molecule has 0 saturated heterocycles. The Morgan fingerprint density at radius 1 is 1.29 bits per heavy atom. The number of hydrogen-bond acceptors (Lipinski definition) is 4. The third-order valence-corrected chi connectivity index (χ3v) is 2.52. The molecule has 0 aliphatic rings. The van der Waals surface area contributed by atoms with Crippen LogP contribution in [0.2, 0.25) is 0 Å². The van der Waals surface area contributed by atoms with Gasteiger partial charge in [0.05, 0.1) is 7.11 Å². The molecule has 2 N–H and O–H groups in total. The molecule has 1 aromatic rings. The first-order valence-electron chi connectivity index (χ1n) is 5.58. The van der Waals surface area contributed by atoms with Gasteiger partial charge in [-0.3, -0.25) is 0 Å². The van der Waals surface area contributed by atoms with Gasteiger partial charge in [0, 0.05) is 0 Å². The van der Waals surface area contributed by atoms with Crippen LogP contribution in [-0.2, 0) is 16.0 Å². The Morgan fingerprint density at radius 2 is 1.88 bits per heavy atom. The summed E-state index contributed by atoms with van der Waals surface area (Å²) in [5.41, 5.74) is 8.73. The van der Waals surface area contributed by atoms with E-state index in [9.17, 15) is 4.79 Å². The summed E-state index contributed by atoms with van der Waals surface area (Å²) < 4.78 is 9.98. The van der Waals surface area contributed by atoms with E-state index in [2.05, 4.69) is 4.74 Å². The molecule has 0 aliphatic heterocycles. The second-order valence-corrected chi connectivity index (χ2v) is 3.96. The Labute approximate surface area is 102 Å². The van der Waals surface area contributed by atoms with Crippen LogP contribution >= 0.6 is 0 Å². The fourth-order valence-corrected chi connectivity index (χ4v) is 1.77. The lowest BCUT2D eigenvalue weighted by atomic mass is 10.0. The van der Waals surface area contributed by atoms with E-state index in [1.54, 1.807) is 0 Å². The zero-order chi connectivity index (χ0) is 12.8. The van der Waals surface area contributed by atoms with E-state index in [0.29, 0.717) is 6.54 Å². The highest BCUT2D eigenvalue weighted by Crippen LogP contribution is 2.24. The second kappa shape index (κ2) is 6.25. The summed E-state index contributed by atoms with van der Waals surface area (Å²) in [7, 11) is 1.34. The zero-order valence-corrected chi connectivity index (χ0v) is 10.6. The Balaban J connectivity index is 2.82. The Bertz CT molecular complexity index is 379. The van der Waals surface area contributed by atoms with Crippen LogP contribution in [0, 0.1) is 13.8 Å². The van der Waals surface area contributed by atoms with Crippen molar-refractivity contribution in [2.45, 2.75) is 20.3 Å². The molecule has 0 unspecified atom stereocenters. The largest absolute Gasteiger partial charge is 0.481 e. The molecule has 0 bridgehead atoms. The number of esters is 1. The van der Waals surface area contributed by atoms with Crippen molar-refractivity contribution in [1.29, 1.82) is 0 Å². The van der Waals surface area contributed by atoms with Crippen molar-refractivity contribution in [3.8, 4) is 5.75 Å². The van der Waals surface area contributed by atoms with Crippen LogP contribution in [0.3, 0.4) is 0 Å². The van der Waals surface area contributed by atoms with Crippen molar-refractivity contribution in [2.24, 2.45) is 5.73 Å². The van der Waals surface area contributed by atoms with E-state index < -0.39 is 0 Å². The molecule has 4 nitrogen and oxygen atoms in total. The van der Waals surface area contributed by atoms with Gasteiger partial charge in [0.1, 0.15) is 5.75 Å². The highest BCUT2D eigenvalue weighted by Gasteiger charge is 2.08. The number of nitrogens with two attached hydrogens (primary N) is 1. The van der Waals surface area contributed by atoms with E-state index in [-0.39, 0.29) is 12.6 Å². The van der Waals surface area contributed by atoms with E-state index >= 15 is 0 Å². The van der Waals surface area contributed by atoms with Crippen molar-refractivity contribution < 1.29 is 14.3 Å². The maximum Gasteiger partial charge on any atom is 0.343 e. The van der Waals surface area contributed by atoms with Crippen molar-refractivity contribution in [3.63, 3.8) is 0 Å². The Morgan fingerprint density at radius 3 is 2.35 bits per heavy atom. The highest BCUT2D eigenvalue weighted by molar-refractivity contribution is 5.71. The molecule has 1 aromatic carbocycles. The molecule has 1 rings (SSSR count). The van der Waals surface area contributed by atoms with E-state index in [1.807, 2.05) is 26.0 Å². The molecular formula is C13H19NO3. The summed E-state index contributed by atoms with van der Waals surface area (Å²) in [6, 6.07) is 4.07. The smallest absolute Gasteiger partial charge is 0.343 e. The first-order chi connectivity index (χ1) is 8.08. The minimum absolute atomic E-state index is 0.0611. The summed E-state index contributed by atoms with van der Waals surface area (Å²) in [5.74, 6) is 0.367. The van der Waals surface area contributed by atoms with Crippen LogP contribution in [0.25, 0.3) is 0 Å². The molecule has 0 atom stereocenters.